The lowest BCUT2D eigenvalue weighted by atomic mass is 10.1. The molecule has 0 amide bonds. The number of hydrogen-bond donors (Lipinski definition) is 1. The number of hydrogen-bond acceptors (Lipinski definition) is 6. The first-order chi connectivity index (χ1) is 18.7. The molecule has 10 heteroatoms. The van der Waals surface area contributed by atoms with E-state index in [1.54, 1.807) is 16.4 Å². The van der Waals surface area contributed by atoms with E-state index in [1.165, 1.54) is 43.5 Å². The maximum atomic E-state index is 13.6. The van der Waals surface area contributed by atoms with Crippen molar-refractivity contribution in [3.05, 3.63) is 47.0 Å². The molecule has 39 heavy (non-hydrogen) atoms. The second-order valence-electron chi connectivity index (χ2n) is 9.68. The van der Waals surface area contributed by atoms with Gasteiger partial charge in [-0.15, -0.1) is 11.6 Å². The number of nitrogens with zero attached hydrogens (tertiary/aromatic N) is 4. The topological polar surface area (TPSA) is 106 Å². The van der Waals surface area contributed by atoms with Crippen LogP contribution in [0.25, 0.3) is 0 Å². The lowest BCUT2D eigenvalue weighted by molar-refractivity contribution is 0.385. The molecule has 0 aliphatic heterocycles. The van der Waals surface area contributed by atoms with Gasteiger partial charge < -0.3 is 5.11 Å². The molecule has 2 aromatic carbocycles. The first-order valence-electron chi connectivity index (χ1n) is 13.8. The van der Waals surface area contributed by atoms with Gasteiger partial charge in [-0.3, -0.25) is 0 Å². The fourth-order valence-corrected chi connectivity index (χ4v) is 6.10. The van der Waals surface area contributed by atoms with Crippen LogP contribution in [0.15, 0.2) is 51.5 Å². The molecule has 0 spiro atoms. The van der Waals surface area contributed by atoms with Gasteiger partial charge in [0, 0.05) is 18.5 Å². The second-order valence-corrected chi connectivity index (χ2v) is 12.6. The molecule has 0 fully saturated rings. The first kappa shape index (κ1) is 33.0. The van der Waals surface area contributed by atoms with Crippen molar-refractivity contribution < 1.29 is 13.5 Å². The molecule has 0 aromatic heterocycles. The molecule has 0 aliphatic carbocycles. The van der Waals surface area contributed by atoms with Crippen molar-refractivity contribution in [2.45, 2.75) is 94.7 Å². The number of aromatic hydroxyl groups is 1. The van der Waals surface area contributed by atoms with Gasteiger partial charge in [0.05, 0.1) is 26.9 Å². The standard InChI is InChI=1S/C29H40Cl2N4O3S/c1-3-5-7-8-9-11-18-35(19-17-24(30)12-10-6-4-2)39(37,38)27-15-13-25(14-16-27)33-34-26-20-23(22-32)29(36)28(31)21-26/h13-16,20-21,24,36H,3-12,17-19H2,1-2H3. The highest BCUT2D eigenvalue weighted by Gasteiger charge is 2.24. The van der Waals surface area contributed by atoms with Crippen molar-refractivity contribution in [1.29, 1.82) is 5.26 Å². The summed E-state index contributed by atoms with van der Waals surface area (Å²) in [6.07, 6.45) is 11.3. The summed E-state index contributed by atoms with van der Waals surface area (Å²) < 4.78 is 28.7. The fraction of sp³-hybridized carbons (Fsp3) is 0.552. The van der Waals surface area contributed by atoms with E-state index in [4.69, 9.17) is 28.5 Å². The van der Waals surface area contributed by atoms with Crippen molar-refractivity contribution in [2.75, 3.05) is 13.1 Å². The van der Waals surface area contributed by atoms with E-state index in [0.717, 1.165) is 44.9 Å². The molecule has 1 unspecified atom stereocenters. The molecule has 0 aliphatic rings. The summed E-state index contributed by atoms with van der Waals surface area (Å²) >= 11 is 12.5. The number of sulfonamides is 1. The second kappa shape index (κ2) is 17.5. The van der Waals surface area contributed by atoms with Gasteiger partial charge in [-0.05, 0) is 55.7 Å². The number of phenolic OH excluding ortho intramolecular Hbond substituents is 1. The van der Waals surface area contributed by atoms with E-state index in [2.05, 4.69) is 24.1 Å². The molecule has 1 atom stereocenters. The number of unbranched alkanes of at least 4 members (excludes halogenated alkanes) is 7. The molecule has 214 valence electrons. The zero-order valence-corrected chi connectivity index (χ0v) is 25.3. The van der Waals surface area contributed by atoms with Gasteiger partial charge in [0.15, 0.2) is 5.75 Å². The van der Waals surface area contributed by atoms with Crippen molar-refractivity contribution in [3.63, 3.8) is 0 Å². The zero-order chi connectivity index (χ0) is 28.7. The Bertz CT molecular complexity index is 1200. The monoisotopic (exact) mass is 594 g/mol. The van der Waals surface area contributed by atoms with Gasteiger partial charge in [-0.25, -0.2) is 8.42 Å². The SMILES string of the molecule is CCCCCCCCN(CCC(Cl)CCCCC)S(=O)(=O)c1ccc(N=Nc2cc(Cl)c(O)c(C#N)c2)cc1. The van der Waals surface area contributed by atoms with E-state index in [9.17, 15) is 13.5 Å². The van der Waals surface area contributed by atoms with Crippen LogP contribution >= 0.6 is 23.2 Å². The number of nitriles is 1. The molecule has 2 rings (SSSR count). The number of azo groups is 1. The molecule has 2 aromatic rings. The maximum absolute atomic E-state index is 13.6. The minimum absolute atomic E-state index is 0.000514. The third-order valence-electron chi connectivity index (χ3n) is 6.50. The smallest absolute Gasteiger partial charge is 0.243 e. The van der Waals surface area contributed by atoms with Crippen LogP contribution in [-0.4, -0.2) is 36.3 Å². The molecule has 7 nitrogen and oxygen atoms in total. The van der Waals surface area contributed by atoms with Crippen molar-refractivity contribution in [3.8, 4) is 11.8 Å². The Labute approximate surface area is 243 Å². The van der Waals surface area contributed by atoms with Crippen LogP contribution in [0.2, 0.25) is 5.02 Å². The Morgan fingerprint density at radius 2 is 1.51 bits per heavy atom. The highest BCUT2D eigenvalue weighted by molar-refractivity contribution is 7.89. The molecule has 0 heterocycles. The van der Waals surface area contributed by atoms with Crippen LogP contribution in [0.5, 0.6) is 5.75 Å². The summed E-state index contributed by atoms with van der Waals surface area (Å²) in [5.74, 6) is -0.306. The van der Waals surface area contributed by atoms with E-state index in [-0.39, 0.29) is 26.6 Å². The van der Waals surface area contributed by atoms with Crippen LogP contribution in [0.3, 0.4) is 0 Å². The van der Waals surface area contributed by atoms with Crippen LogP contribution in [0.4, 0.5) is 11.4 Å². The lowest BCUT2D eigenvalue weighted by Gasteiger charge is -2.23. The Kier molecular flexibility index (Phi) is 14.8. The van der Waals surface area contributed by atoms with Crippen molar-refractivity contribution in [2.24, 2.45) is 10.2 Å². The zero-order valence-electron chi connectivity index (χ0n) is 23.0. The van der Waals surface area contributed by atoms with E-state index < -0.39 is 10.0 Å². The van der Waals surface area contributed by atoms with Gasteiger partial charge in [-0.2, -0.15) is 19.8 Å². The van der Waals surface area contributed by atoms with Gasteiger partial charge in [0.2, 0.25) is 10.0 Å². The normalized spacial score (nSPS) is 12.7. The first-order valence-corrected chi connectivity index (χ1v) is 16.1. The molecule has 0 radical (unpaired) electrons. The van der Waals surface area contributed by atoms with Crippen LogP contribution in [0, 0.1) is 11.3 Å². The van der Waals surface area contributed by atoms with Crippen LogP contribution < -0.4 is 0 Å². The summed E-state index contributed by atoms with van der Waals surface area (Å²) in [6.45, 7) is 5.19. The third-order valence-corrected chi connectivity index (χ3v) is 9.14. The summed E-state index contributed by atoms with van der Waals surface area (Å²) in [7, 11) is -3.70. The molecule has 0 saturated carbocycles. The Morgan fingerprint density at radius 3 is 2.18 bits per heavy atom. The van der Waals surface area contributed by atoms with Crippen LogP contribution in [-0.2, 0) is 10.0 Å². The van der Waals surface area contributed by atoms with Gasteiger partial charge in [-0.1, -0.05) is 76.8 Å². The fourth-order valence-electron chi connectivity index (χ4n) is 4.14. The Hall–Kier alpha value is -2.18. The molecule has 0 saturated heterocycles. The number of alkyl halides is 1. The molecular weight excluding hydrogens is 555 g/mol. The highest BCUT2D eigenvalue weighted by atomic mass is 35.5. The maximum Gasteiger partial charge on any atom is 0.243 e. The molecule has 0 bridgehead atoms. The number of halogens is 2. The minimum Gasteiger partial charge on any atom is -0.505 e. The summed E-state index contributed by atoms with van der Waals surface area (Å²) in [5, 5.41) is 27.0. The Morgan fingerprint density at radius 1 is 0.897 bits per heavy atom. The van der Waals surface area contributed by atoms with Crippen molar-refractivity contribution >= 4 is 44.6 Å². The number of rotatable bonds is 18. The number of benzene rings is 2. The lowest BCUT2D eigenvalue weighted by Crippen LogP contribution is -2.34. The van der Waals surface area contributed by atoms with Crippen molar-refractivity contribution in [1.82, 2.24) is 4.31 Å². The highest BCUT2D eigenvalue weighted by Crippen LogP contribution is 2.33. The van der Waals surface area contributed by atoms with E-state index >= 15 is 0 Å². The average Bonchev–Trinajstić information content (AvgIpc) is 2.93. The quantitative estimate of drug-likeness (QED) is 0.105. The number of phenols is 1. The van der Waals surface area contributed by atoms with E-state index in [1.807, 2.05) is 6.07 Å². The largest absolute Gasteiger partial charge is 0.505 e. The average molecular weight is 596 g/mol. The molecular formula is C29H40Cl2N4O3S. The predicted octanol–water partition coefficient (Wildman–Crippen LogP) is 9.26. The minimum atomic E-state index is -3.70. The van der Waals surface area contributed by atoms with Crippen LogP contribution in [0.1, 0.15) is 90.0 Å². The van der Waals surface area contributed by atoms with Gasteiger partial charge in [0.1, 0.15) is 6.07 Å². The predicted molar refractivity (Wildman–Crippen MR) is 159 cm³/mol. The van der Waals surface area contributed by atoms with Gasteiger partial charge >= 0.3 is 0 Å². The Balaban J connectivity index is 2.12. The molecule has 1 N–H and O–H groups in total. The van der Waals surface area contributed by atoms with Gasteiger partial charge in [0.25, 0.3) is 0 Å². The summed E-state index contributed by atoms with van der Waals surface area (Å²) in [4.78, 5) is 0.198. The van der Waals surface area contributed by atoms with E-state index in [0.29, 0.717) is 30.9 Å². The third kappa shape index (κ3) is 11.1. The summed E-state index contributed by atoms with van der Waals surface area (Å²) in [6, 6.07) is 10.8. The summed E-state index contributed by atoms with van der Waals surface area (Å²) in [5.41, 5.74) is 0.731.